The molecule has 6 nitrogen and oxygen atoms in total. The van der Waals surface area contributed by atoms with Gasteiger partial charge in [0.1, 0.15) is 11.6 Å². The second kappa shape index (κ2) is 9.40. The number of ether oxygens (including phenoxy) is 2. The summed E-state index contributed by atoms with van der Waals surface area (Å²) in [5.41, 5.74) is 4.66. The summed E-state index contributed by atoms with van der Waals surface area (Å²) >= 11 is 0. The number of rotatable bonds is 7. The molecule has 0 radical (unpaired) electrons. The van der Waals surface area contributed by atoms with Crippen molar-refractivity contribution in [2.75, 3.05) is 19.5 Å². The van der Waals surface area contributed by atoms with Gasteiger partial charge in [-0.15, -0.1) is 0 Å². The van der Waals surface area contributed by atoms with Crippen LogP contribution >= 0.6 is 0 Å². The Kier molecular flexibility index (Phi) is 6.38. The van der Waals surface area contributed by atoms with Crippen molar-refractivity contribution < 1.29 is 9.47 Å². The molecular formula is C28H28N4O2. The summed E-state index contributed by atoms with van der Waals surface area (Å²) in [6.07, 6.45) is 0. The number of nitrogens with zero attached hydrogens (tertiary/aromatic N) is 3. The first-order valence-electron chi connectivity index (χ1n) is 11.1. The zero-order chi connectivity index (χ0) is 24.3. The lowest BCUT2D eigenvalue weighted by molar-refractivity contribution is 0.356. The largest absolute Gasteiger partial charge is 0.493 e. The minimum absolute atomic E-state index is 0.505. The molecule has 1 aromatic heterocycles. The average molecular weight is 453 g/mol. The van der Waals surface area contributed by atoms with Gasteiger partial charge in [0, 0.05) is 18.0 Å². The van der Waals surface area contributed by atoms with Gasteiger partial charge in [-0.2, -0.15) is 5.26 Å². The Hall–Kier alpha value is -4.11. The monoisotopic (exact) mass is 452 g/mol. The fourth-order valence-corrected chi connectivity index (χ4v) is 3.90. The smallest absolute Gasteiger partial charge is 0.162 e. The molecule has 6 heteroatoms. The van der Waals surface area contributed by atoms with Crippen molar-refractivity contribution >= 4 is 16.7 Å². The highest BCUT2D eigenvalue weighted by molar-refractivity contribution is 5.91. The first-order chi connectivity index (χ1) is 16.3. The Morgan fingerprint density at radius 1 is 0.912 bits per heavy atom. The van der Waals surface area contributed by atoms with Gasteiger partial charge >= 0.3 is 0 Å². The molecule has 0 unspecified atom stereocenters. The summed E-state index contributed by atoms with van der Waals surface area (Å²) in [5, 5.41) is 13.7. The van der Waals surface area contributed by atoms with E-state index in [-0.39, 0.29) is 0 Å². The molecule has 34 heavy (non-hydrogen) atoms. The van der Waals surface area contributed by atoms with E-state index in [1.807, 2.05) is 45.0 Å². The SMILES string of the molecule is COc1cc2nc(C)nc(NCc3cccc(-c4ccc(C(C)(C)C#N)cc4)c3)c2cc1OC. The number of hydrogen-bond acceptors (Lipinski definition) is 6. The van der Waals surface area contributed by atoms with Gasteiger partial charge in [0.05, 0.1) is 31.2 Å². The Morgan fingerprint density at radius 3 is 2.29 bits per heavy atom. The van der Waals surface area contributed by atoms with Gasteiger partial charge in [0.15, 0.2) is 11.5 Å². The summed E-state index contributed by atoms with van der Waals surface area (Å²) in [7, 11) is 3.23. The number of methoxy groups -OCH3 is 2. The van der Waals surface area contributed by atoms with Crippen LogP contribution in [0.5, 0.6) is 11.5 Å². The number of benzene rings is 3. The van der Waals surface area contributed by atoms with Gasteiger partial charge in [-0.25, -0.2) is 9.97 Å². The number of nitriles is 1. The molecule has 3 aromatic carbocycles. The van der Waals surface area contributed by atoms with Crippen LogP contribution in [0.2, 0.25) is 0 Å². The molecule has 4 aromatic rings. The fourth-order valence-electron chi connectivity index (χ4n) is 3.90. The van der Waals surface area contributed by atoms with E-state index < -0.39 is 5.41 Å². The van der Waals surface area contributed by atoms with Crippen molar-refractivity contribution in [2.45, 2.75) is 32.7 Å². The van der Waals surface area contributed by atoms with Gasteiger partial charge in [0.25, 0.3) is 0 Å². The molecule has 172 valence electrons. The number of aromatic nitrogens is 2. The molecule has 1 heterocycles. The first-order valence-corrected chi connectivity index (χ1v) is 11.1. The third-order valence-corrected chi connectivity index (χ3v) is 5.92. The molecule has 0 aliphatic carbocycles. The van der Waals surface area contributed by atoms with E-state index in [4.69, 9.17) is 9.47 Å². The van der Waals surface area contributed by atoms with Crippen molar-refractivity contribution in [1.82, 2.24) is 9.97 Å². The lowest BCUT2D eigenvalue weighted by atomic mass is 9.85. The molecule has 0 aliphatic heterocycles. The molecular weight excluding hydrogens is 424 g/mol. The van der Waals surface area contributed by atoms with Crippen LogP contribution in [0.1, 0.15) is 30.8 Å². The molecule has 0 aliphatic rings. The highest BCUT2D eigenvalue weighted by Gasteiger charge is 2.19. The van der Waals surface area contributed by atoms with E-state index >= 15 is 0 Å². The lowest BCUT2D eigenvalue weighted by Gasteiger charge is -2.16. The molecule has 0 atom stereocenters. The van der Waals surface area contributed by atoms with E-state index in [0.29, 0.717) is 23.9 Å². The Labute approximate surface area is 200 Å². The predicted octanol–water partition coefficient (Wildman–Crippen LogP) is 6.04. The topological polar surface area (TPSA) is 80.1 Å². The fraction of sp³-hybridized carbons (Fsp3) is 0.250. The molecule has 1 N–H and O–H groups in total. The number of nitrogens with one attached hydrogen (secondary N) is 1. The standard InChI is InChI=1S/C28H28N4O2/c1-18-31-24-15-26(34-5)25(33-4)14-23(24)27(32-18)30-16-19-7-6-8-21(13-19)20-9-11-22(12-10-20)28(2,3)17-29/h6-15H,16H2,1-5H3,(H,30,31,32). The highest BCUT2D eigenvalue weighted by Crippen LogP contribution is 2.34. The van der Waals surface area contributed by atoms with E-state index in [9.17, 15) is 5.26 Å². The number of fused-ring (bicyclic) bond motifs is 1. The summed E-state index contributed by atoms with van der Waals surface area (Å²) in [5.74, 6) is 2.69. The Morgan fingerprint density at radius 2 is 1.62 bits per heavy atom. The minimum Gasteiger partial charge on any atom is -0.493 e. The van der Waals surface area contributed by atoms with E-state index in [2.05, 4.69) is 57.8 Å². The first kappa shape index (κ1) is 23.1. The summed E-state index contributed by atoms with van der Waals surface area (Å²) in [6, 6.07) is 22.7. The predicted molar refractivity (Wildman–Crippen MR) is 135 cm³/mol. The normalized spacial score (nSPS) is 11.2. The van der Waals surface area contributed by atoms with Crippen LogP contribution in [0.3, 0.4) is 0 Å². The van der Waals surface area contributed by atoms with Crippen molar-refractivity contribution in [3.05, 3.63) is 77.6 Å². The number of anilines is 1. The van der Waals surface area contributed by atoms with Crippen molar-refractivity contribution in [3.63, 3.8) is 0 Å². The zero-order valence-corrected chi connectivity index (χ0v) is 20.1. The van der Waals surface area contributed by atoms with Crippen LogP contribution in [0.4, 0.5) is 5.82 Å². The maximum absolute atomic E-state index is 9.38. The molecule has 0 amide bonds. The number of aryl methyl sites for hydroxylation is 1. The van der Waals surface area contributed by atoms with Crippen LogP contribution in [-0.2, 0) is 12.0 Å². The van der Waals surface area contributed by atoms with Crippen molar-refractivity contribution in [1.29, 1.82) is 5.26 Å². The zero-order valence-electron chi connectivity index (χ0n) is 20.1. The summed E-state index contributed by atoms with van der Waals surface area (Å²) in [4.78, 5) is 9.18. The molecule has 4 rings (SSSR count). The van der Waals surface area contributed by atoms with Crippen LogP contribution in [0, 0.1) is 18.3 Å². The quantitative estimate of drug-likeness (QED) is 0.368. The van der Waals surface area contributed by atoms with E-state index in [1.54, 1.807) is 14.2 Å². The highest BCUT2D eigenvalue weighted by atomic mass is 16.5. The molecule has 0 saturated heterocycles. The second-order valence-corrected chi connectivity index (χ2v) is 8.71. The van der Waals surface area contributed by atoms with Crippen LogP contribution < -0.4 is 14.8 Å². The van der Waals surface area contributed by atoms with Crippen LogP contribution in [-0.4, -0.2) is 24.2 Å². The molecule has 0 fully saturated rings. The minimum atomic E-state index is -0.505. The van der Waals surface area contributed by atoms with Gasteiger partial charge < -0.3 is 14.8 Å². The average Bonchev–Trinajstić information content (AvgIpc) is 2.86. The summed E-state index contributed by atoms with van der Waals surface area (Å²) < 4.78 is 10.9. The Bertz CT molecular complexity index is 1370. The maximum atomic E-state index is 9.38. The van der Waals surface area contributed by atoms with E-state index in [1.165, 1.54) is 0 Å². The molecule has 0 bridgehead atoms. The Balaban J connectivity index is 1.59. The molecule has 0 saturated carbocycles. The van der Waals surface area contributed by atoms with Gasteiger partial charge in [-0.1, -0.05) is 42.5 Å². The second-order valence-electron chi connectivity index (χ2n) is 8.71. The third kappa shape index (κ3) is 4.65. The van der Waals surface area contributed by atoms with Crippen LogP contribution in [0.25, 0.3) is 22.0 Å². The number of hydrogen-bond donors (Lipinski definition) is 1. The van der Waals surface area contributed by atoms with Gasteiger partial charge in [0.2, 0.25) is 0 Å². The maximum Gasteiger partial charge on any atom is 0.162 e. The molecule has 0 spiro atoms. The summed E-state index contributed by atoms with van der Waals surface area (Å²) in [6.45, 7) is 6.34. The van der Waals surface area contributed by atoms with Gasteiger partial charge in [-0.3, -0.25) is 0 Å². The van der Waals surface area contributed by atoms with E-state index in [0.717, 1.165) is 39.0 Å². The third-order valence-electron chi connectivity index (χ3n) is 5.92. The van der Waals surface area contributed by atoms with Crippen molar-refractivity contribution in [3.8, 4) is 28.7 Å². The van der Waals surface area contributed by atoms with Crippen molar-refractivity contribution in [2.24, 2.45) is 0 Å². The lowest BCUT2D eigenvalue weighted by Crippen LogP contribution is -2.13. The van der Waals surface area contributed by atoms with Crippen LogP contribution in [0.15, 0.2) is 60.7 Å². The van der Waals surface area contributed by atoms with Gasteiger partial charge in [-0.05, 0) is 55.2 Å².